The molecule has 8 heteroatoms. The number of carbonyl (C=O) groups is 2. The molecule has 152 valence electrons. The number of hydrogen-bond acceptors (Lipinski definition) is 7. The van der Waals surface area contributed by atoms with E-state index < -0.39 is 13.2 Å². The fraction of sp³-hybridized carbons (Fsp3) is 0.889. The highest BCUT2D eigenvalue weighted by atomic mass is 31.1. The Labute approximate surface area is 157 Å². The van der Waals surface area contributed by atoms with Crippen LogP contribution in [0.1, 0.15) is 46.5 Å². The summed E-state index contributed by atoms with van der Waals surface area (Å²) < 4.78 is 32.4. The molecule has 0 radical (unpaired) electrons. The molecule has 0 saturated heterocycles. The predicted molar refractivity (Wildman–Crippen MR) is 99.9 cm³/mol. The first-order valence-corrected chi connectivity index (χ1v) is 10.8. The van der Waals surface area contributed by atoms with Gasteiger partial charge in [0.1, 0.15) is 12.8 Å². The van der Waals surface area contributed by atoms with Gasteiger partial charge in [0.15, 0.2) is 6.16 Å². The van der Waals surface area contributed by atoms with Crippen molar-refractivity contribution in [3.63, 3.8) is 0 Å². The van der Waals surface area contributed by atoms with Crippen LogP contribution in [0.4, 0.5) is 0 Å². The van der Waals surface area contributed by atoms with Crippen molar-refractivity contribution in [3.05, 3.63) is 0 Å². The quantitative estimate of drug-likeness (QED) is 0.226. The topological polar surface area (TPSA) is 88.1 Å². The standard InChI is InChI=1S/C18H34O7P/c1-5-8-18(3,17(20)22-4)9-15-26(21)14-7-16(19)25-13-12-24-11-10-23-6-2/h5-15H2,1-4H3/q+1. The molecule has 26 heavy (non-hydrogen) atoms. The van der Waals surface area contributed by atoms with Gasteiger partial charge in [0.25, 0.3) is 0 Å². The van der Waals surface area contributed by atoms with E-state index in [2.05, 4.69) is 0 Å². The third-order valence-electron chi connectivity index (χ3n) is 4.03. The lowest BCUT2D eigenvalue weighted by molar-refractivity contribution is -0.152. The normalized spacial score (nSPS) is 13.8. The molecule has 0 aromatic carbocycles. The van der Waals surface area contributed by atoms with Crippen LogP contribution in [0.3, 0.4) is 0 Å². The summed E-state index contributed by atoms with van der Waals surface area (Å²) in [4.78, 5) is 23.6. The SMILES string of the molecule is CCCC(C)(CC[P+](=O)CCC(=O)OCCOCCOCC)C(=O)OC. The van der Waals surface area contributed by atoms with E-state index in [1.54, 1.807) is 0 Å². The second-order valence-electron chi connectivity index (χ2n) is 6.26. The Morgan fingerprint density at radius 1 is 0.962 bits per heavy atom. The summed E-state index contributed by atoms with van der Waals surface area (Å²) in [6.45, 7) is 7.88. The molecule has 0 aliphatic heterocycles. The smallest absolute Gasteiger partial charge is 0.339 e. The number of carbonyl (C=O) groups excluding carboxylic acids is 2. The minimum absolute atomic E-state index is 0.108. The molecule has 2 atom stereocenters. The van der Waals surface area contributed by atoms with Crippen LogP contribution in [-0.2, 0) is 33.1 Å². The van der Waals surface area contributed by atoms with Crippen molar-refractivity contribution in [2.75, 3.05) is 52.5 Å². The van der Waals surface area contributed by atoms with Gasteiger partial charge in [-0.25, -0.2) is 0 Å². The average Bonchev–Trinajstić information content (AvgIpc) is 2.63. The molecule has 0 aromatic rings. The third kappa shape index (κ3) is 11.6. The number of hydrogen-bond donors (Lipinski definition) is 0. The second-order valence-corrected chi connectivity index (χ2v) is 8.12. The van der Waals surface area contributed by atoms with E-state index in [9.17, 15) is 14.2 Å². The lowest BCUT2D eigenvalue weighted by Gasteiger charge is -2.24. The van der Waals surface area contributed by atoms with Crippen molar-refractivity contribution < 1.29 is 33.1 Å². The van der Waals surface area contributed by atoms with E-state index in [1.165, 1.54) is 7.11 Å². The number of rotatable bonds is 16. The Bertz CT molecular complexity index is 428. The number of esters is 2. The predicted octanol–water partition coefficient (Wildman–Crippen LogP) is 3.17. The van der Waals surface area contributed by atoms with E-state index in [0.29, 0.717) is 45.4 Å². The molecular weight excluding hydrogens is 359 g/mol. The Balaban J connectivity index is 3.92. The van der Waals surface area contributed by atoms with Crippen LogP contribution in [0.2, 0.25) is 0 Å². The summed E-state index contributed by atoms with van der Waals surface area (Å²) in [5, 5.41) is 0. The van der Waals surface area contributed by atoms with E-state index in [1.807, 2.05) is 20.8 Å². The Morgan fingerprint density at radius 3 is 2.23 bits per heavy atom. The van der Waals surface area contributed by atoms with Gasteiger partial charge >= 0.3 is 19.7 Å². The molecule has 0 fully saturated rings. The van der Waals surface area contributed by atoms with Gasteiger partial charge in [-0.2, -0.15) is 0 Å². The van der Waals surface area contributed by atoms with Gasteiger partial charge in [0, 0.05) is 13.0 Å². The molecule has 7 nitrogen and oxygen atoms in total. The van der Waals surface area contributed by atoms with Gasteiger partial charge in [0.05, 0.1) is 38.8 Å². The largest absolute Gasteiger partial charge is 0.469 e. The maximum atomic E-state index is 12.1. The van der Waals surface area contributed by atoms with Crippen molar-refractivity contribution in [2.24, 2.45) is 5.41 Å². The molecule has 0 spiro atoms. The summed E-state index contributed by atoms with van der Waals surface area (Å²) in [5.41, 5.74) is -0.617. The minimum atomic E-state index is -1.55. The van der Waals surface area contributed by atoms with Crippen LogP contribution < -0.4 is 0 Å². The maximum absolute atomic E-state index is 12.1. The summed E-state index contributed by atoms with van der Waals surface area (Å²) in [6.07, 6.45) is 2.80. The summed E-state index contributed by atoms with van der Waals surface area (Å²) in [6, 6.07) is 0. The highest BCUT2D eigenvalue weighted by molar-refractivity contribution is 7.44. The second kappa shape index (κ2) is 15.1. The van der Waals surface area contributed by atoms with Gasteiger partial charge < -0.3 is 18.9 Å². The summed E-state index contributed by atoms with van der Waals surface area (Å²) >= 11 is 0. The van der Waals surface area contributed by atoms with Crippen LogP contribution in [0, 0.1) is 5.41 Å². The fourth-order valence-corrected chi connectivity index (χ4v) is 3.88. The van der Waals surface area contributed by atoms with Crippen LogP contribution in [0.15, 0.2) is 0 Å². The Morgan fingerprint density at radius 2 is 1.62 bits per heavy atom. The molecule has 0 heterocycles. The van der Waals surface area contributed by atoms with Crippen LogP contribution in [-0.4, -0.2) is 64.4 Å². The zero-order valence-corrected chi connectivity index (χ0v) is 17.5. The van der Waals surface area contributed by atoms with E-state index in [0.717, 1.165) is 6.42 Å². The Hall–Kier alpha value is -1.04. The van der Waals surface area contributed by atoms with Crippen molar-refractivity contribution >= 4 is 19.7 Å². The van der Waals surface area contributed by atoms with E-state index >= 15 is 0 Å². The maximum Gasteiger partial charge on any atom is 0.339 e. The lowest BCUT2D eigenvalue weighted by atomic mass is 9.83. The van der Waals surface area contributed by atoms with Crippen molar-refractivity contribution in [3.8, 4) is 0 Å². The van der Waals surface area contributed by atoms with Crippen molar-refractivity contribution in [2.45, 2.75) is 46.5 Å². The van der Waals surface area contributed by atoms with Crippen LogP contribution in [0.5, 0.6) is 0 Å². The monoisotopic (exact) mass is 393 g/mol. The van der Waals surface area contributed by atoms with Gasteiger partial charge in [-0.15, -0.1) is 0 Å². The van der Waals surface area contributed by atoms with Crippen molar-refractivity contribution in [1.82, 2.24) is 0 Å². The molecule has 0 bridgehead atoms. The molecule has 0 saturated carbocycles. The molecular formula is C18H34O7P+. The highest BCUT2D eigenvalue weighted by Gasteiger charge is 2.36. The highest BCUT2D eigenvalue weighted by Crippen LogP contribution is 2.34. The average molecular weight is 393 g/mol. The minimum Gasteiger partial charge on any atom is -0.469 e. The molecule has 0 aliphatic rings. The molecule has 0 rings (SSSR count). The third-order valence-corrected chi connectivity index (χ3v) is 5.47. The van der Waals surface area contributed by atoms with Gasteiger partial charge in [-0.05, 0) is 20.3 Å². The number of methoxy groups -OCH3 is 1. The first kappa shape index (κ1) is 25.0. The van der Waals surface area contributed by atoms with Crippen molar-refractivity contribution in [1.29, 1.82) is 0 Å². The Kier molecular flexibility index (Phi) is 14.5. The fourth-order valence-electron chi connectivity index (χ4n) is 2.48. The van der Waals surface area contributed by atoms with Gasteiger partial charge in [-0.3, -0.25) is 9.59 Å². The summed E-state index contributed by atoms with van der Waals surface area (Å²) in [7, 11) is -0.185. The van der Waals surface area contributed by atoms with E-state index in [4.69, 9.17) is 18.9 Å². The van der Waals surface area contributed by atoms with Crippen LogP contribution >= 0.6 is 7.80 Å². The first-order valence-electron chi connectivity index (χ1n) is 9.21. The van der Waals surface area contributed by atoms with Gasteiger partial charge in [0.2, 0.25) is 0 Å². The molecule has 0 N–H and O–H groups in total. The van der Waals surface area contributed by atoms with Crippen LogP contribution in [0.25, 0.3) is 0 Å². The first-order chi connectivity index (χ1) is 12.4. The molecule has 2 unspecified atom stereocenters. The van der Waals surface area contributed by atoms with E-state index in [-0.39, 0.29) is 31.1 Å². The summed E-state index contributed by atoms with van der Waals surface area (Å²) in [5.74, 6) is -0.655. The molecule has 0 aliphatic carbocycles. The van der Waals surface area contributed by atoms with Gasteiger partial charge in [-0.1, -0.05) is 17.9 Å². The zero-order chi connectivity index (χ0) is 19.8. The molecule has 0 aromatic heterocycles. The molecule has 0 amide bonds. The number of ether oxygens (including phenoxy) is 4. The lowest BCUT2D eigenvalue weighted by Crippen LogP contribution is -2.29. The zero-order valence-electron chi connectivity index (χ0n) is 16.6.